The molecule has 2 aliphatic heterocycles. The lowest BCUT2D eigenvalue weighted by atomic mass is 9.88. The van der Waals surface area contributed by atoms with Crippen molar-refractivity contribution in [1.82, 2.24) is 4.57 Å². The number of rotatable bonds is 3. The van der Waals surface area contributed by atoms with Crippen LogP contribution in [0.25, 0.3) is 10.9 Å². The van der Waals surface area contributed by atoms with Gasteiger partial charge in [-0.15, -0.1) is 0 Å². The first-order valence-electron chi connectivity index (χ1n) is 10.1. The summed E-state index contributed by atoms with van der Waals surface area (Å²) in [6.45, 7) is 1.02. The first-order chi connectivity index (χ1) is 14.8. The second-order valence-corrected chi connectivity index (χ2v) is 7.82. The maximum Gasteiger partial charge on any atom is 0.231 e. The fraction of sp³-hybridized carbons (Fsp3) is 0.160. The van der Waals surface area contributed by atoms with E-state index in [-0.39, 0.29) is 18.6 Å². The largest absolute Gasteiger partial charge is 0.454 e. The van der Waals surface area contributed by atoms with Crippen LogP contribution in [-0.4, -0.2) is 17.3 Å². The molecular formula is C25H20N2O3. The Morgan fingerprint density at radius 3 is 2.73 bits per heavy atom. The number of carbonyl (C=O) groups excluding carboxylic acids is 1. The van der Waals surface area contributed by atoms with E-state index >= 15 is 0 Å². The normalized spacial score (nSPS) is 17.1. The third kappa shape index (κ3) is 2.74. The van der Waals surface area contributed by atoms with E-state index in [1.54, 1.807) is 0 Å². The van der Waals surface area contributed by atoms with E-state index in [2.05, 4.69) is 46.4 Å². The summed E-state index contributed by atoms with van der Waals surface area (Å²) in [5, 5.41) is 4.22. The lowest BCUT2D eigenvalue weighted by Crippen LogP contribution is -2.14. The summed E-state index contributed by atoms with van der Waals surface area (Å²) < 4.78 is 13.3. The van der Waals surface area contributed by atoms with Crippen LogP contribution in [0.2, 0.25) is 0 Å². The molecule has 3 aromatic carbocycles. The lowest BCUT2D eigenvalue weighted by molar-refractivity contribution is -0.116. The van der Waals surface area contributed by atoms with Gasteiger partial charge in [0.15, 0.2) is 11.5 Å². The number of nitrogens with one attached hydrogen (secondary N) is 1. The molecule has 4 aromatic rings. The van der Waals surface area contributed by atoms with Gasteiger partial charge in [0, 0.05) is 30.5 Å². The lowest BCUT2D eigenvalue weighted by Gasteiger charge is -2.15. The van der Waals surface area contributed by atoms with Crippen molar-refractivity contribution in [1.29, 1.82) is 0 Å². The van der Waals surface area contributed by atoms with Crippen molar-refractivity contribution in [3.8, 4) is 11.5 Å². The van der Waals surface area contributed by atoms with Gasteiger partial charge >= 0.3 is 0 Å². The van der Waals surface area contributed by atoms with E-state index in [0.717, 1.165) is 45.8 Å². The summed E-state index contributed by atoms with van der Waals surface area (Å²) in [7, 11) is 0. The maximum absolute atomic E-state index is 12.7. The fourth-order valence-electron chi connectivity index (χ4n) is 4.59. The Morgan fingerprint density at radius 1 is 0.967 bits per heavy atom. The minimum absolute atomic E-state index is 0.0241. The van der Waals surface area contributed by atoms with E-state index in [1.165, 1.54) is 5.56 Å². The smallest absolute Gasteiger partial charge is 0.231 e. The van der Waals surface area contributed by atoms with Gasteiger partial charge in [0.2, 0.25) is 12.7 Å². The number of benzene rings is 3. The Labute approximate surface area is 173 Å². The van der Waals surface area contributed by atoms with Gasteiger partial charge in [0.25, 0.3) is 0 Å². The zero-order chi connectivity index (χ0) is 20.1. The van der Waals surface area contributed by atoms with Crippen LogP contribution in [0.15, 0.2) is 72.9 Å². The van der Waals surface area contributed by atoms with Gasteiger partial charge in [-0.3, -0.25) is 4.79 Å². The van der Waals surface area contributed by atoms with Gasteiger partial charge in [-0.1, -0.05) is 42.5 Å². The number of amides is 1. The molecule has 0 saturated carbocycles. The van der Waals surface area contributed by atoms with E-state index in [9.17, 15) is 4.79 Å². The predicted molar refractivity (Wildman–Crippen MR) is 115 cm³/mol. The molecule has 0 radical (unpaired) electrons. The van der Waals surface area contributed by atoms with Crippen LogP contribution in [0.5, 0.6) is 11.5 Å². The van der Waals surface area contributed by atoms with Gasteiger partial charge in [-0.05, 0) is 41.0 Å². The number of ether oxygens (including phenoxy) is 2. The summed E-state index contributed by atoms with van der Waals surface area (Å²) >= 11 is 0. The highest BCUT2D eigenvalue weighted by Crippen LogP contribution is 2.43. The molecule has 0 unspecified atom stereocenters. The number of aromatic nitrogens is 1. The van der Waals surface area contributed by atoms with Crippen molar-refractivity contribution in [2.24, 2.45) is 0 Å². The van der Waals surface area contributed by atoms with Crippen molar-refractivity contribution >= 4 is 22.5 Å². The SMILES string of the molecule is O=C1C[C@H](c2ccc3c(c2)OCO3)c2cn(Cc3ccccc3)c3cccc(c23)N1. The zero-order valence-corrected chi connectivity index (χ0v) is 16.3. The summed E-state index contributed by atoms with van der Waals surface area (Å²) in [6.07, 6.45) is 2.59. The summed E-state index contributed by atoms with van der Waals surface area (Å²) in [4.78, 5) is 12.7. The van der Waals surface area contributed by atoms with Crippen LogP contribution >= 0.6 is 0 Å². The van der Waals surface area contributed by atoms with Gasteiger partial charge in [0.05, 0.1) is 11.2 Å². The van der Waals surface area contributed by atoms with Gasteiger partial charge < -0.3 is 19.4 Å². The second kappa shape index (κ2) is 6.66. The standard InChI is InChI=1S/C25H20N2O3/c28-24-12-18(17-9-10-22-23(11-17)30-15-29-22)19-14-27(13-16-5-2-1-3-6-16)21-8-4-7-20(26-24)25(19)21/h1-11,14,18H,12-13,15H2,(H,26,28)/t18-/m1/s1. The van der Waals surface area contributed by atoms with Gasteiger partial charge in [-0.25, -0.2) is 0 Å². The molecule has 3 heterocycles. The molecule has 2 aliphatic rings. The topological polar surface area (TPSA) is 52.5 Å². The molecule has 0 saturated heterocycles. The number of hydrogen-bond donors (Lipinski definition) is 1. The number of anilines is 1. The summed E-state index contributed by atoms with van der Waals surface area (Å²) in [5.41, 5.74) is 5.47. The van der Waals surface area contributed by atoms with Crippen LogP contribution in [-0.2, 0) is 11.3 Å². The number of nitrogens with zero attached hydrogens (tertiary/aromatic N) is 1. The Bertz CT molecular complexity index is 1280. The third-order valence-corrected chi connectivity index (χ3v) is 5.97. The fourth-order valence-corrected chi connectivity index (χ4v) is 4.59. The monoisotopic (exact) mass is 396 g/mol. The minimum Gasteiger partial charge on any atom is -0.454 e. The molecule has 0 aliphatic carbocycles. The van der Waals surface area contributed by atoms with E-state index in [4.69, 9.17) is 9.47 Å². The average Bonchev–Trinajstić information content (AvgIpc) is 3.34. The van der Waals surface area contributed by atoms with Crippen LogP contribution in [0.1, 0.15) is 29.0 Å². The zero-order valence-electron chi connectivity index (χ0n) is 16.3. The molecular weight excluding hydrogens is 376 g/mol. The third-order valence-electron chi connectivity index (χ3n) is 5.97. The number of carbonyl (C=O) groups is 1. The Morgan fingerprint density at radius 2 is 1.83 bits per heavy atom. The molecule has 5 heteroatoms. The van der Waals surface area contributed by atoms with Gasteiger partial charge in [-0.2, -0.15) is 0 Å². The molecule has 1 aromatic heterocycles. The maximum atomic E-state index is 12.7. The highest BCUT2D eigenvalue weighted by Gasteiger charge is 2.29. The van der Waals surface area contributed by atoms with Crippen molar-refractivity contribution < 1.29 is 14.3 Å². The van der Waals surface area contributed by atoms with Crippen molar-refractivity contribution in [2.75, 3.05) is 12.1 Å². The Hall–Kier alpha value is -3.73. The van der Waals surface area contributed by atoms with Crippen molar-refractivity contribution in [3.63, 3.8) is 0 Å². The molecule has 1 atom stereocenters. The molecule has 148 valence electrons. The molecule has 0 bridgehead atoms. The molecule has 1 N–H and O–H groups in total. The van der Waals surface area contributed by atoms with Crippen LogP contribution in [0.3, 0.4) is 0 Å². The quantitative estimate of drug-likeness (QED) is 0.536. The first-order valence-corrected chi connectivity index (χ1v) is 10.1. The molecule has 0 spiro atoms. The van der Waals surface area contributed by atoms with Crippen LogP contribution in [0, 0.1) is 0 Å². The summed E-state index contributed by atoms with van der Waals surface area (Å²) in [6, 6.07) is 22.5. The second-order valence-electron chi connectivity index (χ2n) is 7.82. The Balaban J connectivity index is 1.52. The van der Waals surface area contributed by atoms with E-state index in [0.29, 0.717) is 6.42 Å². The van der Waals surface area contributed by atoms with E-state index in [1.807, 2.05) is 36.4 Å². The minimum atomic E-state index is -0.0531. The number of hydrogen-bond acceptors (Lipinski definition) is 3. The van der Waals surface area contributed by atoms with Crippen molar-refractivity contribution in [3.05, 3.63) is 89.6 Å². The number of fused-ring (bicyclic) bond motifs is 1. The highest BCUT2D eigenvalue weighted by molar-refractivity contribution is 6.06. The summed E-state index contributed by atoms with van der Waals surface area (Å²) in [5.74, 6) is 1.47. The molecule has 5 nitrogen and oxygen atoms in total. The molecule has 1 amide bonds. The van der Waals surface area contributed by atoms with E-state index < -0.39 is 0 Å². The van der Waals surface area contributed by atoms with Crippen molar-refractivity contribution in [2.45, 2.75) is 18.9 Å². The van der Waals surface area contributed by atoms with Crippen LogP contribution < -0.4 is 14.8 Å². The highest BCUT2D eigenvalue weighted by atomic mass is 16.7. The average molecular weight is 396 g/mol. The Kier molecular flexibility index (Phi) is 3.81. The molecule has 0 fully saturated rings. The molecule has 6 rings (SSSR count). The van der Waals surface area contributed by atoms with Gasteiger partial charge in [0.1, 0.15) is 0 Å². The van der Waals surface area contributed by atoms with Crippen LogP contribution in [0.4, 0.5) is 5.69 Å². The first kappa shape index (κ1) is 17.2. The predicted octanol–water partition coefficient (Wildman–Crippen LogP) is 4.89. The molecule has 30 heavy (non-hydrogen) atoms.